The van der Waals surface area contributed by atoms with Crippen molar-refractivity contribution in [2.75, 3.05) is 26.4 Å². The van der Waals surface area contributed by atoms with Crippen LogP contribution in [0.2, 0.25) is 0 Å². The van der Waals surface area contributed by atoms with E-state index in [1.165, 1.54) is 148 Å². The molecule has 11 nitrogen and oxygen atoms in total. The number of hydrogen-bond acceptors (Lipinski definition) is 11. The second-order valence-corrected chi connectivity index (χ2v) is 19.9. The molecule has 0 aromatic heterocycles. The lowest BCUT2D eigenvalue weighted by Crippen LogP contribution is -2.18. The molecule has 410 valence electrons. The van der Waals surface area contributed by atoms with Crippen LogP contribution in [0.15, 0.2) is 0 Å². The average molecular weight is 986 g/mol. The van der Waals surface area contributed by atoms with Crippen molar-refractivity contribution in [3.8, 4) is 0 Å². The molecule has 11 heteroatoms. The molecule has 0 heterocycles. The number of ketones is 1. The molecule has 0 saturated heterocycles. The Morgan fingerprint density at radius 1 is 0.362 bits per heavy atom. The molecule has 0 aromatic carbocycles. The molecule has 0 aromatic rings. The van der Waals surface area contributed by atoms with Crippen molar-refractivity contribution in [1.82, 2.24) is 0 Å². The predicted molar refractivity (Wildman–Crippen MR) is 283 cm³/mol. The third-order valence-electron chi connectivity index (χ3n) is 13.1. The first-order valence-electron chi connectivity index (χ1n) is 29.3. The Morgan fingerprint density at radius 2 is 0.667 bits per heavy atom. The second kappa shape index (κ2) is 58.5. The van der Waals surface area contributed by atoms with Gasteiger partial charge in [0.05, 0.1) is 12.7 Å². The topological polar surface area (TPSA) is 166 Å². The van der Waals surface area contributed by atoms with Crippen LogP contribution in [0, 0.1) is 0 Å². The van der Waals surface area contributed by atoms with E-state index in [0.717, 1.165) is 122 Å². The Hall–Kier alpha value is -2.08. The maximum Gasteiger partial charge on any atom is 0.306 e. The molecule has 0 aliphatic carbocycles. The van der Waals surface area contributed by atoms with Crippen molar-refractivity contribution >= 4 is 23.7 Å². The highest BCUT2D eigenvalue weighted by molar-refractivity contribution is 5.78. The summed E-state index contributed by atoms with van der Waals surface area (Å²) in [5, 5.41) is 26.7. The number of carbonyl (C=O) groups excluding carboxylic acids is 4. The largest absolute Gasteiger partial charge is 0.463 e. The first kappa shape index (κ1) is 69.0. The SMILES string of the molecule is CCCCCCC(=O)CCCCCCCCCCC(=O)OC(CCCCCC)CCCCCCCCCCC(=O)OCCOO.CCCCCCC(O)CCCCCCCCCCC(=O)OCCO. The van der Waals surface area contributed by atoms with Gasteiger partial charge in [-0.25, -0.2) is 4.89 Å². The molecule has 2 unspecified atom stereocenters. The lowest BCUT2D eigenvalue weighted by atomic mass is 10.0. The van der Waals surface area contributed by atoms with Crippen molar-refractivity contribution in [2.45, 2.75) is 322 Å². The summed E-state index contributed by atoms with van der Waals surface area (Å²) >= 11 is 0. The van der Waals surface area contributed by atoms with Crippen LogP contribution in [0.3, 0.4) is 0 Å². The molecule has 69 heavy (non-hydrogen) atoms. The van der Waals surface area contributed by atoms with Crippen molar-refractivity contribution < 1.29 is 53.7 Å². The zero-order chi connectivity index (χ0) is 50.9. The highest BCUT2D eigenvalue weighted by Crippen LogP contribution is 2.20. The Labute approximate surface area is 424 Å². The molecule has 0 fully saturated rings. The monoisotopic (exact) mass is 985 g/mol. The Bertz CT molecular complexity index is 1090. The van der Waals surface area contributed by atoms with E-state index in [0.29, 0.717) is 25.0 Å². The molecular weight excluding hydrogens is 873 g/mol. The Morgan fingerprint density at radius 3 is 1.04 bits per heavy atom. The fourth-order valence-electron chi connectivity index (χ4n) is 8.69. The zero-order valence-corrected chi connectivity index (χ0v) is 45.4. The van der Waals surface area contributed by atoms with E-state index < -0.39 is 0 Å². The summed E-state index contributed by atoms with van der Waals surface area (Å²) in [7, 11) is 0. The highest BCUT2D eigenvalue weighted by atomic mass is 17.1. The van der Waals surface area contributed by atoms with Gasteiger partial charge in [-0.1, -0.05) is 207 Å². The summed E-state index contributed by atoms with van der Waals surface area (Å²) < 4.78 is 15.7. The number of carbonyl (C=O) groups is 4. The van der Waals surface area contributed by atoms with Gasteiger partial charge in [-0.15, -0.1) is 0 Å². The van der Waals surface area contributed by atoms with Gasteiger partial charge in [-0.05, 0) is 70.6 Å². The van der Waals surface area contributed by atoms with Crippen molar-refractivity contribution in [3.63, 3.8) is 0 Å². The van der Waals surface area contributed by atoms with Crippen LogP contribution in [0.25, 0.3) is 0 Å². The lowest BCUT2D eigenvalue weighted by Gasteiger charge is -2.18. The normalized spacial score (nSPS) is 12.0. The Kier molecular flexibility index (Phi) is 58.5. The number of unbranched alkanes of at least 4 members (excludes halogenated alkanes) is 30. The predicted octanol–water partition coefficient (Wildman–Crippen LogP) is 16.0. The summed E-state index contributed by atoms with van der Waals surface area (Å²) in [6.45, 7) is 6.77. The van der Waals surface area contributed by atoms with Gasteiger partial charge in [0.2, 0.25) is 0 Å². The molecule has 0 radical (unpaired) electrons. The summed E-state index contributed by atoms with van der Waals surface area (Å²) in [5.41, 5.74) is 0. The highest BCUT2D eigenvalue weighted by Gasteiger charge is 2.14. The average Bonchev–Trinajstić information content (AvgIpc) is 3.34. The van der Waals surface area contributed by atoms with Gasteiger partial charge in [0, 0.05) is 32.1 Å². The van der Waals surface area contributed by atoms with Gasteiger partial charge >= 0.3 is 17.9 Å². The van der Waals surface area contributed by atoms with E-state index in [4.69, 9.17) is 24.6 Å². The van der Waals surface area contributed by atoms with Crippen LogP contribution in [0.5, 0.6) is 0 Å². The minimum absolute atomic E-state index is 0.0135. The summed E-state index contributed by atoms with van der Waals surface area (Å²) in [6, 6.07) is 0. The van der Waals surface area contributed by atoms with Gasteiger partial charge in [0.15, 0.2) is 0 Å². The van der Waals surface area contributed by atoms with Crippen LogP contribution >= 0.6 is 0 Å². The number of hydrogen-bond donors (Lipinski definition) is 3. The third kappa shape index (κ3) is 58.4. The molecule has 3 N–H and O–H groups in total. The fraction of sp³-hybridized carbons (Fsp3) is 0.931. The first-order chi connectivity index (χ1) is 33.7. The van der Waals surface area contributed by atoms with E-state index >= 15 is 0 Å². The van der Waals surface area contributed by atoms with Gasteiger partial charge in [-0.3, -0.25) is 24.4 Å². The molecule has 0 aliphatic rings. The maximum absolute atomic E-state index is 12.6. The van der Waals surface area contributed by atoms with Gasteiger partial charge in [0.1, 0.15) is 31.7 Å². The number of aliphatic hydroxyl groups excluding tert-OH is 2. The van der Waals surface area contributed by atoms with E-state index in [9.17, 15) is 24.3 Å². The number of rotatable bonds is 54. The summed E-state index contributed by atoms with van der Waals surface area (Å²) in [5.74, 6) is 0.0113. The van der Waals surface area contributed by atoms with Gasteiger partial charge in [-0.2, -0.15) is 0 Å². The van der Waals surface area contributed by atoms with Crippen LogP contribution in [0.1, 0.15) is 310 Å². The summed E-state index contributed by atoms with van der Waals surface area (Å²) in [6.07, 6.45) is 48.6. The number of aliphatic hydroxyl groups is 2. The molecule has 0 saturated carbocycles. The maximum atomic E-state index is 12.6. The van der Waals surface area contributed by atoms with E-state index in [1.54, 1.807) is 0 Å². The van der Waals surface area contributed by atoms with Crippen molar-refractivity contribution in [1.29, 1.82) is 0 Å². The van der Waals surface area contributed by atoms with Crippen molar-refractivity contribution in [3.05, 3.63) is 0 Å². The van der Waals surface area contributed by atoms with Crippen LogP contribution in [-0.4, -0.2) is 77.8 Å². The number of ether oxygens (including phenoxy) is 3. The van der Waals surface area contributed by atoms with E-state index in [2.05, 4.69) is 25.7 Å². The standard InChI is InChI=1S/C38H72O7.C20H40O4/c1-3-5-7-21-27-35(39)28-22-17-13-9-11-16-20-26-32-38(41)45-36(29-23-8-6-4-2)30-24-18-14-10-12-15-19-25-31-37(40)43-33-34-44-42;1-2-3-4-11-14-19(22)15-12-9-7-5-6-8-10-13-16-20(23)24-18-17-21/h36,42H,3-34H2,1-2H3;19,21-22H,2-18H2,1H3. The fourth-order valence-corrected chi connectivity index (χ4v) is 8.69. The first-order valence-corrected chi connectivity index (χ1v) is 29.3. The summed E-state index contributed by atoms with van der Waals surface area (Å²) in [4.78, 5) is 51.1. The Balaban J connectivity index is 0. The molecule has 2 atom stereocenters. The van der Waals surface area contributed by atoms with Crippen LogP contribution in [-0.2, 0) is 38.3 Å². The quantitative estimate of drug-likeness (QED) is 0.0175. The molecule has 0 amide bonds. The second-order valence-electron chi connectivity index (χ2n) is 19.9. The minimum Gasteiger partial charge on any atom is -0.463 e. The van der Waals surface area contributed by atoms with E-state index in [-0.39, 0.29) is 56.5 Å². The molecule has 0 spiro atoms. The van der Waals surface area contributed by atoms with Crippen molar-refractivity contribution in [2.24, 2.45) is 0 Å². The third-order valence-corrected chi connectivity index (χ3v) is 13.1. The van der Waals surface area contributed by atoms with E-state index in [1.807, 2.05) is 0 Å². The molecule has 0 rings (SSSR count). The molecular formula is C58H112O11. The minimum atomic E-state index is -0.229. The van der Waals surface area contributed by atoms with Crippen LogP contribution in [0.4, 0.5) is 0 Å². The van der Waals surface area contributed by atoms with Gasteiger partial charge in [0.25, 0.3) is 0 Å². The number of Topliss-reactive ketones (excluding diaryl/α,β-unsaturated/α-hetero) is 1. The lowest BCUT2D eigenvalue weighted by molar-refractivity contribution is -0.248. The number of esters is 3. The zero-order valence-electron chi connectivity index (χ0n) is 45.4. The smallest absolute Gasteiger partial charge is 0.306 e. The molecule has 0 aliphatic heterocycles. The van der Waals surface area contributed by atoms with Gasteiger partial charge < -0.3 is 24.4 Å². The molecule has 0 bridgehead atoms. The van der Waals surface area contributed by atoms with Crippen LogP contribution < -0.4 is 0 Å².